The highest BCUT2D eigenvalue weighted by Crippen LogP contribution is 2.52. The van der Waals surface area contributed by atoms with Crippen LogP contribution in [0.5, 0.6) is 5.75 Å². The number of benzene rings is 1. The lowest BCUT2D eigenvalue weighted by Crippen LogP contribution is -2.58. The van der Waals surface area contributed by atoms with E-state index in [4.69, 9.17) is 10.8 Å². The monoisotopic (exact) mass is 439 g/mol. The first-order valence-electron chi connectivity index (χ1n) is 9.55. The number of hydrogen-bond donors (Lipinski definition) is 6. The molecule has 3 aliphatic rings. The molecule has 0 bridgehead atoms. The number of primary amides is 1. The predicted octanol–water partition coefficient (Wildman–Crippen LogP) is -0.140. The topological polar surface area (TPSA) is 195 Å². The molecular formula is C22H17NO9. The van der Waals surface area contributed by atoms with Gasteiger partial charge in [0.05, 0.1) is 5.56 Å². The molecule has 7 N–H and O–H groups in total. The van der Waals surface area contributed by atoms with E-state index in [1.807, 2.05) is 5.92 Å². The quantitative estimate of drug-likeness (QED) is 0.255. The Labute approximate surface area is 180 Å². The number of nitrogens with two attached hydrogens (primary N) is 1. The Kier molecular flexibility index (Phi) is 4.60. The van der Waals surface area contributed by atoms with Crippen LogP contribution >= 0.6 is 0 Å². The Bertz CT molecular complexity index is 1260. The number of aliphatic hydroxyl groups excluding tert-OH is 2. The number of carbonyl (C=O) groups is 4. The van der Waals surface area contributed by atoms with Gasteiger partial charge < -0.3 is 31.3 Å². The summed E-state index contributed by atoms with van der Waals surface area (Å²) in [5, 5.41) is 51.6. The van der Waals surface area contributed by atoms with Gasteiger partial charge in [-0.2, -0.15) is 0 Å². The van der Waals surface area contributed by atoms with E-state index >= 15 is 0 Å². The molecule has 1 amide bonds. The molecule has 0 saturated heterocycles. The molecule has 10 nitrogen and oxygen atoms in total. The van der Waals surface area contributed by atoms with Crippen molar-refractivity contribution >= 4 is 29.2 Å². The van der Waals surface area contributed by atoms with Gasteiger partial charge >= 0.3 is 5.97 Å². The number of ketones is 2. The molecule has 0 unspecified atom stereocenters. The lowest BCUT2D eigenvalue weighted by molar-refractivity contribution is -0.147. The molecular weight excluding hydrogens is 422 g/mol. The number of carboxylic acid groups (broad SMARTS) is 1. The van der Waals surface area contributed by atoms with E-state index in [1.54, 1.807) is 0 Å². The zero-order chi connectivity index (χ0) is 23.5. The van der Waals surface area contributed by atoms with E-state index in [0.29, 0.717) is 5.56 Å². The molecule has 3 aliphatic carbocycles. The highest BCUT2D eigenvalue weighted by Gasteiger charge is 2.60. The summed E-state index contributed by atoms with van der Waals surface area (Å²) in [6.45, 7) is 0. The number of carbonyl (C=O) groups excluding carboxylic acids is 3. The van der Waals surface area contributed by atoms with Crippen molar-refractivity contribution in [3.8, 4) is 17.6 Å². The number of aliphatic hydroxyl groups is 3. The lowest BCUT2D eigenvalue weighted by Gasteiger charge is -2.46. The average Bonchev–Trinajstić information content (AvgIpc) is 2.69. The normalized spacial score (nSPS) is 26.5. The molecule has 4 rings (SSSR count). The van der Waals surface area contributed by atoms with E-state index in [2.05, 4.69) is 5.92 Å². The molecule has 0 aliphatic heterocycles. The van der Waals surface area contributed by atoms with Gasteiger partial charge in [-0.05, 0) is 36.5 Å². The van der Waals surface area contributed by atoms with Gasteiger partial charge in [-0.15, -0.1) is 0 Å². The van der Waals surface area contributed by atoms with Crippen molar-refractivity contribution < 1.29 is 44.7 Å². The molecule has 1 fully saturated rings. The zero-order valence-electron chi connectivity index (χ0n) is 16.4. The van der Waals surface area contributed by atoms with Crippen LogP contribution in [0.25, 0.3) is 5.76 Å². The summed E-state index contributed by atoms with van der Waals surface area (Å²) in [7, 11) is 0. The number of phenolic OH excluding ortho intramolecular Hbond substituents is 1. The van der Waals surface area contributed by atoms with E-state index in [9.17, 15) is 39.6 Å². The second-order valence-corrected chi connectivity index (χ2v) is 7.95. The Morgan fingerprint density at radius 2 is 1.81 bits per heavy atom. The molecule has 1 aromatic carbocycles. The van der Waals surface area contributed by atoms with Gasteiger partial charge in [0.1, 0.15) is 22.8 Å². The van der Waals surface area contributed by atoms with Gasteiger partial charge in [0.25, 0.3) is 5.91 Å². The van der Waals surface area contributed by atoms with Crippen molar-refractivity contribution in [2.45, 2.75) is 24.9 Å². The van der Waals surface area contributed by atoms with Gasteiger partial charge in [0, 0.05) is 29.4 Å². The smallest absolute Gasteiger partial charge is 0.382 e. The first-order valence-corrected chi connectivity index (χ1v) is 9.55. The Hall–Kier alpha value is -4.10. The number of aromatic hydroxyl groups is 1. The van der Waals surface area contributed by atoms with Crippen molar-refractivity contribution in [1.29, 1.82) is 0 Å². The largest absolute Gasteiger partial charge is 0.508 e. The molecule has 10 heteroatoms. The average molecular weight is 439 g/mol. The number of rotatable bonds is 1. The Morgan fingerprint density at radius 3 is 2.44 bits per heavy atom. The Balaban J connectivity index is 1.93. The zero-order valence-corrected chi connectivity index (χ0v) is 16.4. The third-order valence-corrected chi connectivity index (χ3v) is 6.25. The van der Waals surface area contributed by atoms with Crippen LogP contribution in [0.3, 0.4) is 0 Å². The molecule has 32 heavy (non-hydrogen) atoms. The molecule has 0 radical (unpaired) electrons. The highest BCUT2D eigenvalue weighted by molar-refractivity contribution is 6.22. The fourth-order valence-electron chi connectivity index (χ4n) is 4.86. The summed E-state index contributed by atoms with van der Waals surface area (Å²) in [5.74, 6) is -4.19. The Morgan fingerprint density at radius 1 is 1.12 bits per heavy atom. The van der Waals surface area contributed by atoms with Gasteiger partial charge in [-0.3, -0.25) is 14.4 Å². The van der Waals surface area contributed by atoms with Crippen LogP contribution in [0.1, 0.15) is 29.5 Å². The lowest BCUT2D eigenvalue weighted by atomic mass is 9.59. The summed E-state index contributed by atoms with van der Waals surface area (Å²) >= 11 is 0. The van der Waals surface area contributed by atoms with E-state index in [0.717, 1.165) is 0 Å². The van der Waals surface area contributed by atoms with Crippen molar-refractivity contribution in [3.63, 3.8) is 0 Å². The van der Waals surface area contributed by atoms with Crippen molar-refractivity contribution in [2.75, 3.05) is 0 Å². The number of amides is 1. The van der Waals surface area contributed by atoms with Gasteiger partial charge in [0.2, 0.25) is 5.78 Å². The molecule has 1 aromatic rings. The minimum atomic E-state index is -2.63. The highest BCUT2D eigenvalue weighted by atomic mass is 16.4. The fourth-order valence-corrected chi connectivity index (χ4v) is 4.86. The number of phenols is 1. The molecule has 3 atom stereocenters. The summed E-state index contributed by atoms with van der Waals surface area (Å²) in [6, 6.07) is 2.55. The van der Waals surface area contributed by atoms with Crippen molar-refractivity contribution in [2.24, 2.45) is 17.6 Å². The van der Waals surface area contributed by atoms with Crippen LogP contribution in [0.4, 0.5) is 0 Å². The molecule has 164 valence electrons. The number of fused-ring (bicyclic) bond motifs is 3. The second kappa shape index (κ2) is 6.96. The summed E-state index contributed by atoms with van der Waals surface area (Å²) < 4.78 is 0. The van der Waals surface area contributed by atoms with Gasteiger partial charge in [-0.25, -0.2) is 4.79 Å². The van der Waals surface area contributed by atoms with Gasteiger partial charge in [-0.1, -0.05) is 5.92 Å². The number of aliphatic carboxylic acids is 1. The molecule has 0 spiro atoms. The van der Waals surface area contributed by atoms with E-state index < -0.39 is 70.1 Å². The van der Waals surface area contributed by atoms with Crippen LogP contribution in [-0.2, 0) is 25.6 Å². The van der Waals surface area contributed by atoms with Crippen molar-refractivity contribution in [3.05, 3.63) is 45.7 Å². The van der Waals surface area contributed by atoms with Crippen LogP contribution in [-0.4, -0.2) is 54.6 Å². The maximum Gasteiger partial charge on any atom is 0.382 e. The maximum absolute atomic E-state index is 13.3. The van der Waals surface area contributed by atoms with Crippen LogP contribution in [0.2, 0.25) is 0 Å². The van der Waals surface area contributed by atoms with Crippen LogP contribution < -0.4 is 5.73 Å². The van der Waals surface area contributed by atoms with Gasteiger partial charge in [0.15, 0.2) is 11.4 Å². The number of hydrogen-bond acceptors (Lipinski definition) is 8. The maximum atomic E-state index is 13.3. The third-order valence-electron chi connectivity index (χ3n) is 6.25. The minimum Gasteiger partial charge on any atom is -0.508 e. The number of carboxylic acids is 1. The summed E-state index contributed by atoms with van der Waals surface area (Å²) in [5.41, 5.74) is 1.75. The summed E-state index contributed by atoms with van der Waals surface area (Å²) in [4.78, 5) is 48.1. The molecule has 1 saturated carbocycles. The second-order valence-electron chi connectivity index (χ2n) is 7.95. The predicted molar refractivity (Wildman–Crippen MR) is 106 cm³/mol. The number of Topliss-reactive ketones (excluding diaryl/α,β-unsaturated/α-hetero) is 2. The van der Waals surface area contributed by atoms with E-state index in [-0.39, 0.29) is 29.5 Å². The van der Waals surface area contributed by atoms with E-state index in [1.165, 1.54) is 12.1 Å². The van der Waals surface area contributed by atoms with Crippen LogP contribution in [0.15, 0.2) is 29.0 Å². The third kappa shape index (κ3) is 2.79. The minimum absolute atomic E-state index is 0.0234. The molecule has 0 heterocycles. The SMILES string of the molecule is NC(=O)C1=C(O)[C@@]2(O)C(=O)C3=C(O)c4c(O)ccc(C#CC(=O)O)c4C[C@H]3C[C@H]2CC1=O. The first kappa shape index (κ1) is 21.1. The fraction of sp³-hybridized carbons (Fsp3) is 0.273. The van der Waals surface area contributed by atoms with Crippen molar-refractivity contribution in [1.82, 2.24) is 0 Å². The van der Waals surface area contributed by atoms with Crippen LogP contribution in [0, 0.1) is 23.7 Å². The molecule has 0 aromatic heterocycles. The standard InChI is InChI=1S/C22H17NO9/c23-21(31)17-13(25)7-10-5-9-6-11-8(2-4-14(26)27)1-3-12(24)16(11)18(28)15(9)19(29)22(10,32)20(17)30/h1,3,9-10,24,28,30,32H,5-7H2,(H2,23,31)(H,26,27)/t9-,10+,22+/m1/s1. The summed E-state index contributed by atoms with van der Waals surface area (Å²) in [6.07, 6.45) is -0.398. The first-order chi connectivity index (χ1) is 15.0.